The number of hydrogen-bond donors (Lipinski definition) is 2. The standard InChI is InChI=1S/C24H27ClF3N3O3/c1-29-12-11-21(32)31-13-5-4-7-19(31)22-23(33-22)30-15-9-10-16(18(25)14-15)17-6-2-3-8-20(17)34-24(26,27)28/h2-3,6,8-10,14,19,22-23,29-30H,4-5,7,11-13H2,1H3/t19-,22+,23?/m1/s1. The Morgan fingerprint density at radius 1 is 1.21 bits per heavy atom. The number of epoxide rings is 1. The molecule has 2 aromatic rings. The first-order valence-electron chi connectivity index (χ1n) is 11.3. The largest absolute Gasteiger partial charge is 0.573 e. The van der Waals surface area contributed by atoms with Crippen LogP contribution in [0.25, 0.3) is 11.1 Å². The highest BCUT2D eigenvalue weighted by molar-refractivity contribution is 6.33. The zero-order chi connectivity index (χ0) is 24.3. The van der Waals surface area contributed by atoms with E-state index in [0.29, 0.717) is 24.2 Å². The molecule has 34 heavy (non-hydrogen) atoms. The van der Waals surface area contributed by atoms with Gasteiger partial charge in [0, 0.05) is 36.3 Å². The van der Waals surface area contributed by atoms with Gasteiger partial charge in [0.2, 0.25) is 5.91 Å². The van der Waals surface area contributed by atoms with E-state index >= 15 is 0 Å². The number of carbonyl (C=O) groups is 1. The van der Waals surface area contributed by atoms with Crippen LogP contribution in [0.2, 0.25) is 5.02 Å². The maximum absolute atomic E-state index is 12.8. The lowest BCUT2D eigenvalue weighted by molar-refractivity contribution is -0.274. The fraction of sp³-hybridized carbons (Fsp3) is 0.458. The second kappa shape index (κ2) is 10.4. The number of benzene rings is 2. The summed E-state index contributed by atoms with van der Waals surface area (Å²) in [5.74, 6) is -0.191. The summed E-state index contributed by atoms with van der Waals surface area (Å²) in [7, 11) is 1.82. The molecule has 6 nitrogen and oxygen atoms in total. The van der Waals surface area contributed by atoms with Gasteiger partial charge < -0.3 is 25.0 Å². The molecule has 2 aliphatic heterocycles. The molecule has 0 spiro atoms. The Kier molecular flexibility index (Phi) is 7.54. The van der Waals surface area contributed by atoms with Crippen LogP contribution in [0.5, 0.6) is 5.75 Å². The lowest BCUT2D eigenvalue weighted by Gasteiger charge is -2.35. The van der Waals surface area contributed by atoms with Crippen LogP contribution in [0.1, 0.15) is 25.7 Å². The van der Waals surface area contributed by atoms with E-state index < -0.39 is 6.36 Å². The van der Waals surface area contributed by atoms with Gasteiger partial charge >= 0.3 is 6.36 Å². The van der Waals surface area contributed by atoms with Crippen molar-refractivity contribution in [1.82, 2.24) is 10.2 Å². The number of rotatable bonds is 8. The van der Waals surface area contributed by atoms with Crippen LogP contribution in [0.4, 0.5) is 18.9 Å². The number of hydrogen-bond acceptors (Lipinski definition) is 5. The zero-order valence-electron chi connectivity index (χ0n) is 18.7. The van der Waals surface area contributed by atoms with Gasteiger partial charge in [-0.2, -0.15) is 0 Å². The van der Waals surface area contributed by atoms with Gasteiger partial charge in [-0.05, 0) is 44.5 Å². The molecule has 10 heteroatoms. The number of ether oxygens (including phenoxy) is 2. The summed E-state index contributed by atoms with van der Waals surface area (Å²) in [4.78, 5) is 14.5. The fourth-order valence-electron chi connectivity index (χ4n) is 4.41. The number of nitrogens with one attached hydrogen (secondary N) is 2. The Hall–Kier alpha value is -2.49. The van der Waals surface area contributed by atoms with Gasteiger partial charge in [0.05, 0.1) is 11.1 Å². The fourth-order valence-corrected chi connectivity index (χ4v) is 4.69. The third-order valence-electron chi connectivity index (χ3n) is 6.04. The molecular weight excluding hydrogens is 471 g/mol. The molecule has 0 bridgehead atoms. The Bertz CT molecular complexity index is 1020. The second-order valence-corrected chi connectivity index (χ2v) is 8.82. The van der Waals surface area contributed by atoms with Crippen molar-refractivity contribution in [3.63, 3.8) is 0 Å². The van der Waals surface area contributed by atoms with Gasteiger partial charge in [0.25, 0.3) is 0 Å². The summed E-state index contributed by atoms with van der Waals surface area (Å²) in [5.41, 5.74) is 1.35. The highest BCUT2D eigenvalue weighted by Crippen LogP contribution is 2.40. The van der Waals surface area contributed by atoms with E-state index in [1.54, 1.807) is 24.3 Å². The smallest absolute Gasteiger partial charge is 0.405 e. The monoisotopic (exact) mass is 497 g/mol. The highest BCUT2D eigenvalue weighted by atomic mass is 35.5. The van der Waals surface area contributed by atoms with E-state index in [9.17, 15) is 18.0 Å². The number of para-hydroxylation sites is 1. The third kappa shape index (κ3) is 5.95. The molecule has 0 saturated carbocycles. The molecule has 1 amide bonds. The van der Waals surface area contributed by atoms with E-state index in [4.69, 9.17) is 16.3 Å². The van der Waals surface area contributed by atoms with Gasteiger partial charge in [0.15, 0.2) is 6.23 Å². The van der Waals surface area contributed by atoms with Gasteiger partial charge in [-0.1, -0.05) is 35.9 Å². The highest BCUT2D eigenvalue weighted by Gasteiger charge is 2.49. The molecule has 0 radical (unpaired) electrons. The van der Waals surface area contributed by atoms with Crippen LogP contribution in [0.3, 0.4) is 0 Å². The average Bonchev–Trinajstić information content (AvgIpc) is 3.56. The minimum absolute atomic E-state index is 0.0248. The van der Waals surface area contributed by atoms with Crippen LogP contribution in [-0.2, 0) is 9.53 Å². The molecule has 2 aliphatic rings. The number of carbonyl (C=O) groups excluding carboxylic acids is 1. The number of piperidine rings is 1. The maximum Gasteiger partial charge on any atom is 0.573 e. The van der Waals surface area contributed by atoms with E-state index in [2.05, 4.69) is 15.4 Å². The molecule has 2 fully saturated rings. The predicted octanol–water partition coefficient (Wildman–Crippen LogP) is 5.03. The molecule has 2 N–H and O–H groups in total. The quantitative estimate of drug-likeness (QED) is 0.501. The number of amides is 1. The van der Waals surface area contributed by atoms with E-state index in [1.807, 2.05) is 11.9 Å². The van der Waals surface area contributed by atoms with E-state index in [-0.39, 0.29) is 40.6 Å². The molecule has 2 saturated heterocycles. The second-order valence-electron chi connectivity index (χ2n) is 8.41. The lowest BCUT2D eigenvalue weighted by Crippen LogP contribution is -2.48. The van der Waals surface area contributed by atoms with Crippen LogP contribution in [0.15, 0.2) is 42.5 Å². The Morgan fingerprint density at radius 2 is 2.00 bits per heavy atom. The van der Waals surface area contributed by atoms with Crippen molar-refractivity contribution < 1.29 is 27.4 Å². The normalized spacial score (nSPS) is 22.4. The van der Waals surface area contributed by atoms with Gasteiger partial charge in [-0.15, -0.1) is 13.2 Å². The number of anilines is 1. The van der Waals surface area contributed by atoms with Crippen molar-refractivity contribution in [1.29, 1.82) is 0 Å². The van der Waals surface area contributed by atoms with E-state index in [1.165, 1.54) is 18.2 Å². The van der Waals surface area contributed by atoms with Gasteiger partial charge in [-0.25, -0.2) is 0 Å². The summed E-state index contributed by atoms with van der Waals surface area (Å²) in [6.45, 7) is 1.37. The van der Waals surface area contributed by atoms with Crippen molar-refractivity contribution in [3.05, 3.63) is 47.5 Å². The molecule has 2 aromatic carbocycles. The molecule has 0 aromatic heterocycles. The summed E-state index contributed by atoms with van der Waals surface area (Å²) in [6.07, 6.45) is -1.79. The van der Waals surface area contributed by atoms with Gasteiger partial charge in [0.1, 0.15) is 11.9 Å². The van der Waals surface area contributed by atoms with Crippen molar-refractivity contribution in [3.8, 4) is 16.9 Å². The molecule has 3 atom stereocenters. The number of alkyl halides is 3. The summed E-state index contributed by atoms with van der Waals surface area (Å²) >= 11 is 6.43. The average molecular weight is 498 g/mol. The van der Waals surface area contributed by atoms with Crippen molar-refractivity contribution in [2.75, 3.05) is 25.5 Å². The first-order chi connectivity index (χ1) is 16.3. The van der Waals surface area contributed by atoms with Crippen LogP contribution < -0.4 is 15.4 Å². The topological polar surface area (TPSA) is 66.1 Å². The lowest BCUT2D eigenvalue weighted by atomic mass is 9.98. The molecule has 0 aliphatic carbocycles. The number of halogens is 4. The first kappa shape index (κ1) is 24.6. The van der Waals surface area contributed by atoms with Crippen LogP contribution in [0, 0.1) is 0 Å². The Balaban J connectivity index is 1.43. The van der Waals surface area contributed by atoms with Crippen molar-refractivity contribution >= 4 is 23.2 Å². The van der Waals surface area contributed by atoms with Crippen molar-refractivity contribution in [2.24, 2.45) is 0 Å². The Labute approximate surface area is 201 Å². The Morgan fingerprint density at radius 3 is 2.74 bits per heavy atom. The molecular formula is C24H27ClF3N3O3. The maximum atomic E-state index is 12.8. The first-order valence-corrected chi connectivity index (χ1v) is 11.7. The molecule has 2 heterocycles. The summed E-state index contributed by atoms with van der Waals surface area (Å²) < 4.78 is 48.3. The third-order valence-corrected chi connectivity index (χ3v) is 6.36. The summed E-state index contributed by atoms with van der Waals surface area (Å²) in [6, 6.07) is 10.9. The van der Waals surface area contributed by atoms with Crippen LogP contribution >= 0.6 is 11.6 Å². The molecule has 184 valence electrons. The summed E-state index contributed by atoms with van der Waals surface area (Å²) in [5, 5.41) is 6.56. The predicted molar refractivity (Wildman–Crippen MR) is 124 cm³/mol. The van der Waals surface area contributed by atoms with Gasteiger partial charge in [-0.3, -0.25) is 4.79 Å². The van der Waals surface area contributed by atoms with Crippen molar-refractivity contribution in [2.45, 2.75) is 50.4 Å². The molecule has 4 rings (SSSR count). The van der Waals surface area contributed by atoms with E-state index in [0.717, 1.165) is 25.8 Å². The minimum atomic E-state index is -4.80. The zero-order valence-corrected chi connectivity index (χ0v) is 19.5. The number of nitrogens with zero attached hydrogens (tertiary/aromatic N) is 1. The molecule has 1 unspecified atom stereocenters. The van der Waals surface area contributed by atoms with Crippen LogP contribution in [-0.4, -0.2) is 55.7 Å². The minimum Gasteiger partial charge on any atom is -0.405 e. The number of likely N-dealkylation sites (tertiary alicyclic amines) is 1. The SMILES string of the molecule is CNCCC(=O)N1CCCC[C@@H]1[C@@H]1OC1Nc1ccc(-c2ccccc2OC(F)(F)F)c(Cl)c1.